The summed E-state index contributed by atoms with van der Waals surface area (Å²) < 4.78 is 11.1. The van der Waals surface area contributed by atoms with Gasteiger partial charge >= 0.3 is 12.1 Å². The molecule has 2 rings (SSSR count). The molecule has 9 heteroatoms. The lowest BCUT2D eigenvalue weighted by Gasteiger charge is -2.36. The van der Waals surface area contributed by atoms with Crippen molar-refractivity contribution >= 4 is 23.9 Å². The Morgan fingerprint density at radius 3 is 1.81 bits per heavy atom. The summed E-state index contributed by atoms with van der Waals surface area (Å²) >= 11 is 0. The van der Waals surface area contributed by atoms with Crippen LogP contribution in [0.5, 0.6) is 0 Å². The molecule has 0 heterocycles. The molecule has 3 atom stereocenters. The molecule has 0 saturated carbocycles. The molecule has 2 N–H and O–H groups in total. The zero-order chi connectivity index (χ0) is 32.4. The third kappa shape index (κ3) is 11.7. The maximum absolute atomic E-state index is 14.2. The van der Waals surface area contributed by atoms with Crippen LogP contribution >= 0.6 is 0 Å². The van der Waals surface area contributed by atoms with Crippen LogP contribution in [0.25, 0.3) is 0 Å². The first-order valence-corrected chi connectivity index (χ1v) is 14.9. The molecule has 0 spiro atoms. The second-order valence-electron chi connectivity index (χ2n) is 13.0. The second-order valence-corrected chi connectivity index (χ2v) is 13.0. The average Bonchev–Trinajstić information content (AvgIpc) is 2.90. The summed E-state index contributed by atoms with van der Waals surface area (Å²) in [5, 5.41) is 5.62. The molecule has 0 bridgehead atoms. The van der Waals surface area contributed by atoms with Crippen molar-refractivity contribution in [2.75, 3.05) is 6.54 Å². The fraction of sp³-hybridized carbons (Fsp3) is 0.529. The van der Waals surface area contributed by atoms with Crippen LogP contribution in [0.15, 0.2) is 60.7 Å². The molecule has 0 fully saturated rings. The van der Waals surface area contributed by atoms with Gasteiger partial charge in [-0.15, -0.1) is 0 Å². The van der Waals surface area contributed by atoms with Crippen molar-refractivity contribution in [3.8, 4) is 0 Å². The number of hydrogen-bond donors (Lipinski definition) is 2. The minimum atomic E-state index is -1.07. The van der Waals surface area contributed by atoms with Crippen LogP contribution in [-0.4, -0.2) is 58.6 Å². The van der Waals surface area contributed by atoms with E-state index in [1.54, 1.807) is 65.8 Å². The predicted molar refractivity (Wildman–Crippen MR) is 167 cm³/mol. The van der Waals surface area contributed by atoms with Crippen molar-refractivity contribution in [1.29, 1.82) is 0 Å². The lowest BCUT2D eigenvalue weighted by atomic mass is 9.98. The fourth-order valence-corrected chi connectivity index (χ4v) is 4.51. The first kappa shape index (κ1) is 35.3. The van der Waals surface area contributed by atoms with E-state index in [1.165, 1.54) is 4.90 Å². The summed E-state index contributed by atoms with van der Waals surface area (Å²) in [7, 11) is 0. The topological polar surface area (TPSA) is 114 Å². The van der Waals surface area contributed by atoms with Crippen LogP contribution in [0, 0.1) is 5.92 Å². The highest BCUT2D eigenvalue weighted by Crippen LogP contribution is 2.25. The molecule has 0 aliphatic heterocycles. The molecule has 0 aromatic heterocycles. The third-order valence-corrected chi connectivity index (χ3v) is 6.32. The minimum Gasteiger partial charge on any atom is -0.458 e. The molecule has 0 radical (unpaired) electrons. The van der Waals surface area contributed by atoms with Crippen molar-refractivity contribution in [3.05, 3.63) is 71.8 Å². The Morgan fingerprint density at radius 2 is 1.33 bits per heavy atom. The van der Waals surface area contributed by atoms with Gasteiger partial charge in [0.05, 0.1) is 0 Å². The SMILES string of the molecule is CCCN(C(=O)C(NC(=O)OC(C)(C)C)C(C)C)C(C(=O)NC(Cc1ccccc1)C(=O)OC(C)(C)C)c1ccccc1. The molecule has 236 valence electrons. The number of benzene rings is 2. The van der Waals surface area contributed by atoms with Gasteiger partial charge in [0.1, 0.15) is 29.3 Å². The van der Waals surface area contributed by atoms with Crippen molar-refractivity contribution in [3.63, 3.8) is 0 Å². The van der Waals surface area contributed by atoms with E-state index >= 15 is 0 Å². The standard InChI is InChI=1S/C34H49N3O6/c1-10-21-37(30(39)27(23(2)3)36-32(41)43-34(7,8)9)28(25-19-15-12-16-20-25)29(38)35-26(31(40)42-33(4,5)6)22-24-17-13-11-14-18-24/h11-20,23,26-28H,10,21-22H2,1-9H3,(H,35,38)(H,36,41). The zero-order valence-electron chi connectivity index (χ0n) is 27.1. The van der Waals surface area contributed by atoms with Gasteiger partial charge in [0.25, 0.3) is 0 Å². The lowest BCUT2D eigenvalue weighted by molar-refractivity contribution is -0.159. The normalized spacial score (nSPS) is 13.8. The average molecular weight is 596 g/mol. The molecule has 9 nitrogen and oxygen atoms in total. The fourth-order valence-electron chi connectivity index (χ4n) is 4.51. The van der Waals surface area contributed by atoms with Crippen molar-refractivity contribution in [2.45, 2.75) is 104 Å². The minimum absolute atomic E-state index is 0.208. The summed E-state index contributed by atoms with van der Waals surface area (Å²) in [6.45, 7) is 16.3. The number of carbonyl (C=O) groups is 4. The zero-order valence-corrected chi connectivity index (χ0v) is 27.1. The number of amides is 3. The smallest absolute Gasteiger partial charge is 0.408 e. The van der Waals surface area contributed by atoms with Crippen LogP contribution in [0.4, 0.5) is 4.79 Å². The van der Waals surface area contributed by atoms with Gasteiger partial charge in [-0.05, 0) is 65.0 Å². The van der Waals surface area contributed by atoms with Gasteiger partial charge in [0.2, 0.25) is 11.8 Å². The monoisotopic (exact) mass is 595 g/mol. The number of hydrogen-bond acceptors (Lipinski definition) is 6. The molecule has 0 saturated heterocycles. The number of nitrogens with zero attached hydrogens (tertiary/aromatic N) is 1. The number of carbonyl (C=O) groups excluding carboxylic acids is 4. The number of ether oxygens (including phenoxy) is 2. The van der Waals surface area contributed by atoms with Gasteiger partial charge in [-0.1, -0.05) is 81.4 Å². The van der Waals surface area contributed by atoms with E-state index in [0.29, 0.717) is 12.0 Å². The van der Waals surface area contributed by atoms with Gasteiger partial charge in [0, 0.05) is 13.0 Å². The number of esters is 1. The molecule has 0 aliphatic carbocycles. The highest BCUT2D eigenvalue weighted by molar-refractivity contribution is 5.94. The molecule has 2 aromatic rings. The van der Waals surface area contributed by atoms with Crippen LogP contribution in [0.1, 0.15) is 85.9 Å². The van der Waals surface area contributed by atoms with Gasteiger partial charge in [0.15, 0.2) is 0 Å². The predicted octanol–water partition coefficient (Wildman–Crippen LogP) is 5.58. The number of alkyl carbamates (subject to hydrolysis) is 1. The Kier molecular flexibility index (Phi) is 12.8. The molecule has 2 aromatic carbocycles. The molecule has 0 aliphatic rings. The molecule has 3 amide bonds. The van der Waals surface area contributed by atoms with E-state index in [1.807, 2.05) is 57.2 Å². The van der Waals surface area contributed by atoms with E-state index < -0.39 is 53.2 Å². The summed E-state index contributed by atoms with van der Waals surface area (Å²) in [5.74, 6) is -1.83. The second kappa shape index (κ2) is 15.5. The Bertz CT molecular complexity index is 1200. The summed E-state index contributed by atoms with van der Waals surface area (Å²) in [5.41, 5.74) is -0.0980. The van der Waals surface area contributed by atoms with Gasteiger partial charge in [-0.3, -0.25) is 9.59 Å². The Hall–Kier alpha value is -3.88. The van der Waals surface area contributed by atoms with Gasteiger partial charge in [-0.25, -0.2) is 9.59 Å². The highest BCUT2D eigenvalue weighted by atomic mass is 16.6. The van der Waals surface area contributed by atoms with E-state index in [2.05, 4.69) is 10.6 Å². The molecule has 43 heavy (non-hydrogen) atoms. The van der Waals surface area contributed by atoms with Crippen molar-refractivity contribution < 1.29 is 28.7 Å². The van der Waals surface area contributed by atoms with Crippen LogP contribution < -0.4 is 10.6 Å². The Morgan fingerprint density at radius 1 is 0.791 bits per heavy atom. The van der Waals surface area contributed by atoms with Gasteiger partial charge < -0.3 is 25.0 Å². The maximum atomic E-state index is 14.2. The molecule has 3 unspecified atom stereocenters. The largest absolute Gasteiger partial charge is 0.458 e. The van der Waals surface area contributed by atoms with Crippen molar-refractivity contribution in [1.82, 2.24) is 15.5 Å². The first-order valence-electron chi connectivity index (χ1n) is 14.9. The van der Waals surface area contributed by atoms with E-state index in [0.717, 1.165) is 5.56 Å². The van der Waals surface area contributed by atoms with E-state index in [9.17, 15) is 19.2 Å². The molecular weight excluding hydrogens is 546 g/mol. The van der Waals surface area contributed by atoms with Gasteiger partial charge in [-0.2, -0.15) is 0 Å². The Balaban J connectivity index is 2.51. The van der Waals surface area contributed by atoms with Crippen molar-refractivity contribution in [2.24, 2.45) is 5.92 Å². The third-order valence-electron chi connectivity index (χ3n) is 6.32. The number of nitrogens with one attached hydrogen (secondary N) is 2. The summed E-state index contributed by atoms with van der Waals surface area (Å²) in [6.07, 6.45) is 0.0446. The van der Waals surface area contributed by atoms with Crippen LogP contribution in [0.3, 0.4) is 0 Å². The first-order chi connectivity index (χ1) is 20.0. The van der Waals surface area contributed by atoms with Crippen LogP contribution in [-0.2, 0) is 30.3 Å². The maximum Gasteiger partial charge on any atom is 0.408 e. The van der Waals surface area contributed by atoms with E-state index in [-0.39, 0.29) is 18.9 Å². The molecular formula is C34H49N3O6. The van der Waals surface area contributed by atoms with E-state index in [4.69, 9.17) is 9.47 Å². The highest BCUT2D eigenvalue weighted by Gasteiger charge is 2.38. The lowest BCUT2D eigenvalue weighted by Crippen LogP contribution is -2.56. The Labute approximate surface area is 256 Å². The summed E-state index contributed by atoms with van der Waals surface area (Å²) in [4.78, 5) is 55.9. The van der Waals surface area contributed by atoms with Crippen LogP contribution in [0.2, 0.25) is 0 Å². The summed E-state index contributed by atoms with van der Waals surface area (Å²) in [6, 6.07) is 15.3. The quantitative estimate of drug-likeness (QED) is 0.310. The number of rotatable bonds is 12.